The van der Waals surface area contributed by atoms with Crippen LogP contribution in [0.4, 0.5) is 5.69 Å². The first-order valence-electron chi connectivity index (χ1n) is 6.97. The van der Waals surface area contributed by atoms with Gasteiger partial charge in [0.25, 0.3) is 5.91 Å². The number of benzene rings is 1. The Hall–Kier alpha value is -2.34. The molecule has 1 aromatic heterocycles. The molecular formula is C16H18N2O3S. The van der Waals surface area contributed by atoms with Crippen molar-refractivity contribution >= 4 is 28.8 Å². The molecule has 0 fully saturated rings. The molecule has 116 valence electrons. The fourth-order valence-electron chi connectivity index (χ4n) is 1.83. The number of thiophene rings is 1. The van der Waals surface area contributed by atoms with Gasteiger partial charge in [-0.3, -0.25) is 9.59 Å². The zero-order valence-electron chi connectivity index (χ0n) is 12.3. The number of carbonyl (C=O) groups excluding carboxylic acids is 2. The molecular weight excluding hydrogens is 300 g/mol. The summed E-state index contributed by atoms with van der Waals surface area (Å²) < 4.78 is 5.60. The molecule has 0 radical (unpaired) electrons. The van der Waals surface area contributed by atoms with Crippen LogP contribution in [0.1, 0.15) is 23.0 Å². The number of rotatable bonds is 7. The second kappa shape index (κ2) is 8.19. The summed E-state index contributed by atoms with van der Waals surface area (Å²) in [4.78, 5) is 23.4. The van der Waals surface area contributed by atoms with Crippen molar-refractivity contribution in [2.75, 3.05) is 18.5 Å². The van der Waals surface area contributed by atoms with Gasteiger partial charge in [-0.1, -0.05) is 12.1 Å². The normalized spacial score (nSPS) is 10.0. The lowest BCUT2D eigenvalue weighted by Gasteiger charge is -2.09. The average molecular weight is 318 g/mol. The number of hydrogen-bond acceptors (Lipinski definition) is 4. The molecule has 6 heteroatoms. The van der Waals surface area contributed by atoms with Gasteiger partial charge < -0.3 is 15.4 Å². The van der Waals surface area contributed by atoms with Gasteiger partial charge in [0, 0.05) is 25.2 Å². The lowest BCUT2D eigenvalue weighted by molar-refractivity contribution is -0.114. The van der Waals surface area contributed by atoms with Crippen LogP contribution in [-0.4, -0.2) is 25.0 Å². The molecule has 2 N–H and O–H groups in total. The summed E-state index contributed by atoms with van der Waals surface area (Å²) in [6.45, 7) is 2.51. The Morgan fingerprint density at radius 2 is 2.09 bits per heavy atom. The molecule has 0 atom stereocenters. The van der Waals surface area contributed by atoms with Gasteiger partial charge in [0.05, 0.1) is 11.5 Å². The Balaban J connectivity index is 1.68. The van der Waals surface area contributed by atoms with Gasteiger partial charge in [-0.2, -0.15) is 0 Å². The van der Waals surface area contributed by atoms with Crippen molar-refractivity contribution < 1.29 is 14.3 Å². The van der Waals surface area contributed by atoms with Gasteiger partial charge in [0.1, 0.15) is 5.75 Å². The van der Waals surface area contributed by atoms with Gasteiger partial charge in [-0.15, -0.1) is 11.3 Å². The molecule has 0 saturated heterocycles. The second-order valence-electron chi connectivity index (χ2n) is 4.64. The smallest absolute Gasteiger partial charge is 0.261 e. The maximum atomic E-state index is 11.7. The highest BCUT2D eigenvalue weighted by molar-refractivity contribution is 7.12. The SMILES string of the molecule is CC(=O)Nc1cccc(OCCCNC(=O)c2cccs2)c1. The van der Waals surface area contributed by atoms with Crippen LogP contribution in [0.3, 0.4) is 0 Å². The van der Waals surface area contributed by atoms with E-state index >= 15 is 0 Å². The van der Waals surface area contributed by atoms with Crippen molar-refractivity contribution in [2.45, 2.75) is 13.3 Å². The number of anilines is 1. The van der Waals surface area contributed by atoms with E-state index in [1.165, 1.54) is 18.3 Å². The Morgan fingerprint density at radius 3 is 2.82 bits per heavy atom. The van der Waals surface area contributed by atoms with Crippen molar-refractivity contribution in [3.05, 3.63) is 46.7 Å². The molecule has 0 saturated carbocycles. The summed E-state index contributed by atoms with van der Waals surface area (Å²) in [7, 11) is 0. The predicted molar refractivity (Wildman–Crippen MR) is 87.5 cm³/mol. The minimum atomic E-state index is -0.117. The van der Waals surface area contributed by atoms with E-state index < -0.39 is 0 Å². The lowest BCUT2D eigenvalue weighted by atomic mass is 10.3. The first-order chi connectivity index (χ1) is 10.6. The van der Waals surface area contributed by atoms with Crippen molar-refractivity contribution in [3.8, 4) is 5.75 Å². The van der Waals surface area contributed by atoms with E-state index in [0.29, 0.717) is 35.9 Å². The Labute approximate surface area is 133 Å². The number of carbonyl (C=O) groups is 2. The Bertz CT molecular complexity index is 626. The zero-order valence-corrected chi connectivity index (χ0v) is 13.1. The number of hydrogen-bond donors (Lipinski definition) is 2. The largest absolute Gasteiger partial charge is 0.493 e. The van der Waals surface area contributed by atoms with E-state index in [0.717, 1.165) is 0 Å². The van der Waals surface area contributed by atoms with Crippen LogP contribution in [-0.2, 0) is 4.79 Å². The highest BCUT2D eigenvalue weighted by atomic mass is 32.1. The predicted octanol–water partition coefficient (Wildman–Crippen LogP) is 2.91. The third-order valence-electron chi connectivity index (χ3n) is 2.77. The molecule has 22 heavy (non-hydrogen) atoms. The minimum Gasteiger partial charge on any atom is -0.493 e. The lowest BCUT2D eigenvalue weighted by Crippen LogP contribution is -2.24. The molecule has 2 aromatic rings. The molecule has 2 amide bonds. The number of amides is 2. The highest BCUT2D eigenvalue weighted by Gasteiger charge is 2.04. The summed E-state index contributed by atoms with van der Waals surface area (Å²) >= 11 is 1.42. The van der Waals surface area contributed by atoms with Crippen LogP contribution in [0.5, 0.6) is 5.75 Å². The second-order valence-corrected chi connectivity index (χ2v) is 5.59. The molecule has 0 unspecified atom stereocenters. The van der Waals surface area contributed by atoms with E-state index in [9.17, 15) is 9.59 Å². The van der Waals surface area contributed by atoms with Gasteiger partial charge in [-0.05, 0) is 30.0 Å². The van der Waals surface area contributed by atoms with Crippen LogP contribution in [0.15, 0.2) is 41.8 Å². The minimum absolute atomic E-state index is 0.0531. The maximum Gasteiger partial charge on any atom is 0.261 e. The summed E-state index contributed by atoms with van der Waals surface area (Å²) in [5.41, 5.74) is 0.705. The van der Waals surface area contributed by atoms with E-state index in [1.807, 2.05) is 23.6 Å². The third-order valence-corrected chi connectivity index (χ3v) is 3.64. The molecule has 1 aromatic carbocycles. The monoisotopic (exact) mass is 318 g/mol. The Morgan fingerprint density at radius 1 is 1.23 bits per heavy atom. The molecule has 5 nitrogen and oxygen atoms in total. The van der Waals surface area contributed by atoms with Gasteiger partial charge >= 0.3 is 0 Å². The molecule has 0 bridgehead atoms. The molecule has 0 aliphatic rings. The summed E-state index contributed by atoms with van der Waals surface area (Å²) in [5, 5.41) is 7.42. The first kappa shape index (κ1) is 16.0. The van der Waals surface area contributed by atoms with Crippen molar-refractivity contribution in [3.63, 3.8) is 0 Å². The van der Waals surface area contributed by atoms with E-state index in [-0.39, 0.29) is 11.8 Å². The molecule has 0 spiro atoms. The standard InChI is InChI=1S/C16H18N2O3S/c1-12(19)18-13-5-2-6-14(11-13)21-9-4-8-17-16(20)15-7-3-10-22-15/h2-3,5-7,10-11H,4,8-9H2,1H3,(H,17,20)(H,18,19). The zero-order chi connectivity index (χ0) is 15.8. The van der Waals surface area contributed by atoms with Gasteiger partial charge in [0.2, 0.25) is 5.91 Å². The molecule has 2 rings (SSSR count). The summed E-state index contributed by atoms with van der Waals surface area (Å²) in [5.74, 6) is 0.520. The van der Waals surface area contributed by atoms with Gasteiger partial charge in [0.15, 0.2) is 0 Å². The molecule has 0 aliphatic carbocycles. The average Bonchev–Trinajstić information content (AvgIpc) is 3.00. The van der Waals surface area contributed by atoms with Gasteiger partial charge in [-0.25, -0.2) is 0 Å². The van der Waals surface area contributed by atoms with Crippen LogP contribution >= 0.6 is 11.3 Å². The third kappa shape index (κ3) is 5.21. The highest BCUT2D eigenvalue weighted by Crippen LogP contribution is 2.17. The van der Waals surface area contributed by atoms with E-state index in [4.69, 9.17) is 4.74 Å². The first-order valence-corrected chi connectivity index (χ1v) is 7.85. The summed E-state index contributed by atoms with van der Waals surface area (Å²) in [6, 6.07) is 10.9. The summed E-state index contributed by atoms with van der Waals surface area (Å²) in [6.07, 6.45) is 0.710. The van der Waals surface area contributed by atoms with Crippen LogP contribution in [0.2, 0.25) is 0 Å². The Kier molecular flexibility index (Phi) is 5.97. The fourth-order valence-corrected chi connectivity index (χ4v) is 2.47. The van der Waals surface area contributed by atoms with Crippen molar-refractivity contribution in [1.82, 2.24) is 5.32 Å². The van der Waals surface area contributed by atoms with Crippen molar-refractivity contribution in [2.24, 2.45) is 0 Å². The molecule has 0 aliphatic heterocycles. The number of nitrogens with one attached hydrogen (secondary N) is 2. The topological polar surface area (TPSA) is 67.4 Å². The molecule has 1 heterocycles. The van der Waals surface area contributed by atoms with Crippen molar-refractivity contribution in [1.29, 1.82) is 0 Å². The quantitative estimate of drug-likeness (QED) is 0.771. The number of ether oxygens (including phenoxy) is 1. The van der Waals surface area contributed by atoms with Crippen LogP contribution in [0.25, 0.3) is 0 Å². The maximum absolute atomic E-state index is 11.7. The van der Waals surface area contributed by atoms with Crippen LogP contribution < -0.4 is 15.4 Å². The fraction of sp³-hybridized carbons (Fsp3) is 0.250. The van der Waals surface area contributed by atoms with E-state index in [1.54, 1.807) is 18.2 Å². The van der Waals surface area contributed by atoms with Crippen LogP contribution in [0, 0.1) is 0 Å². The van der Waals surface area contributed by atoms with E-state index in [2.05, 4.69) is 10.6 Å².